The summed E-state index contributed by atoms with van der Waals surface area (Å²) in [4.78, 5) is 31.0. The number of carbonyl (C=O) groups is 2. The predicted molar refractivity (Wildman–Crippen MR) is 132 cm³/mol. The molecular weight excluding hydrogens is 486 g/mol. The zero-order valence-corrected chi connectivity index (χ0v) is 20.9. The molecule has 1 fully saturated rings. The number of imidazole rings is 1. The number of likely N-dealkylation sites (tertiary alicyclic amines) is 1. The van der Waals surface area contributed by atoms with Gasteiger partial charge < -0.3 is 24.2 Å². The first kappa shape index (κ1) is 25.1. The zero-order chi connectivity index (χ0) is 25.8. The van der Waals surface area contributed by atoms with Crippen LogP contribution in [0.25, 0.3) is 5.76 Å². The highest BCUT2D eigenvalue weighted by Crippen LogP contribution is 2.44. The average molecular weight is 513 g/mol. The van der Waals surface area contributed by atoms with E-state index in [1.807, 2.05) is 17.1 Å². The normalized spacial score (nSPS) is 16.9. The van der Waals surface area contributed by atoms with Crippen molar-refractivity contribution in [2.24, 2.45) is 0 Å². The van der Waals surface area contributed by atoms with Crippen molar-refractivity contribution in [2.45, 2.75) is 19.0 Å². The van der Waals surface area contributed by atoms with E-state index >= 15 is 0 Å². The maximum Gasteiger partial charge on any atom is 0.295 e. The van der Waals surface area contributed by atoms with Gasteiger partial charge in [0.05, 0.1) is 44.5 Å². The third-order valence-corrected chi connectivity index (χ3v) is 6.41. The van der Waals surface area contributed by atoms with Gasteiger partial charge in [0.15, 0.2) is 0 Å². The molecule has 0 radical (unpaired) electrons. The van der Waals surface area contributed by atoms with Crippen molar-refractivity contribution in [3.63, 3.8) is 0 Å². The van der Waals surface area contributed by atoms with Crippen molar-refractivity contribution in [3.8, 4) is 17.2 Å². The molecule has 2 heterocycles. The molecule has 188 valence electrons. The Kier molecular flexibility index (Phi) is 7.49. The van der Waals surface area contributed by atoms with Crippen LogP contribution in [0.15, 0.2) is 60.7 Å². The molecule has 9 nitrogen and oxygen atoms in total. The Balaban J connectivity index is 1.83. The summed E-state index contributed by atoms with van der Waals surface area (Å²) in [7, 11) is 4.51. The molecule has 2 N–H and O–H groups in total. The first-order chi connectivity index (χ1) is 17.4. The maximum absolute atomic E-state index is 13.3. The van der Waals surface area contributed by atoms with Gasteiger partial charge in [-0.25, -0.2) is 4.57 Å². The first-order valence-corrected chi connectivity index (χ1v) is 11.6. The molecular formula is C26H27ClN3O6+. The van der Waals surface area contributed by atoms with Gasteiger partial charge in [-0.1, -0.05) is 11.6 Å². The summed E-state index contributed by atoms with van der Waals surface area (Å²) in [5.41, 5.74) is 0.752. The molecule has 0 bridgehead atoms. The van der Waals surface area contributed by atoms with Gasteiger partial charge in [0.1, 0.15) is 35.4 Å². The van der Waals surface area contributed by atoms with E-state index < -0.39 is 17.7 Å². The van der Waals surface area contributed by atoms with Crippen LogP contribution in [0.4, 0.5) is 0 Å². The molecule has 1 aromatic heterocycles. The summed E-state index contributed by atoms with van der Waals surface area (Å²) in [6, 6.07) is 8.89. The van der Waals surface area contributed by atoms with Gasteiger partial charge in [0.2, 0.25) is 6.33 Å². The molecule has 1 atom stereocenters. The minimum atomic E-state index is -0.896. The minimum Gasteiger partial charge on any atom is -0.507 e. The average Bonchev–Trinajstić information content (AvgIpc) is 3.50. The molecule has 1 saturated heterocycles. The Hall–Kier alpha value is -3.98. The Bertz CT molecular complexity index is 1310. The van der Waals surface area contributed by atoms with E-state index in [9.17, 15) is 14.7 Å². The standard InChI is InChI=1S/C26H26ClN3O6/c1-34-17-6-8-20(35-2)18(14-17)23-22(24(31)16-5-7-21(36-3)19(27)13-16)25(32)26(33)30(23)11-4-10-29-12-9-28-15-29/h5-9,12-15,23H,4,10-11H2,1-3H3,(H,31,32)/p+1. The Morgan fingerprint density at radius 1 is 1.08 bits per heavy atom. The number of rotatable bonds is 9. The zero-order valence-electron chi connectivity index (χ0n) is 20.2. The topological polar surface area (TPSA) is 105 Å². The lowest BCUT2D eigenvalue weighted by atomic mass is 9.94. The van der Waals surface area contributed by atoms with Crippen LogP contribution in [0.2, 0.25) is 5.02 Å². The van der Waals surface area contributed by atoms with Gasteiger partial charge in [-0.15, -0.1) is 0 Å². The summed E-state index contributed by atoms with van der Waals surface area (Å²) >= 11 is 6.27. The van der Waals surface area contributed by atoms with Gasteiger partial charge in [-0.2, -0.15) is 0 Å². The molecule has 4 rings (SSSR count). The molecule has 3 aromatic rings. The summed E-state index contributed by atoms with van der Waals surface area (Å²) in [5.74, 6) is -0.441. The minimum absolute atomic E-state index is 0.0536. The van der Waals surface area contributed by atoms with Gasteiger partial charge >= 0.3 is 0 Å². The number of Topliss-reactive ketones (excluding diaryl/α,β-unsaturated/α-hetero) is 1. The SMILES string of the molecule is COc1ccc(OC)c(C2C(=C(O)c3ccc(OC)c(Cl)c3)C(=O)C(=O)N2CCC[n+]2cc[nH]c2)c1. The number of ether oxygens (including phenoxy) is 3. The summed E-state index contributed by atoms with van der Waals surface area (Å²) < 4.78 is 18.1. The number of aliphatic hydroxyl groups is 1. The summed E-state index contributed by atoms with van der Waals surface area (Å²) in [5, 5.41) is 11.6. The van der Waals surface area contributed by atoms with Crippen molar-refractivity contribution < 1.29 is 33.5 Å². The molecule has 0 spiro atoms. The summed E-state index contributed by atoms with van der Waals surface area (Å²) in [6.45, 7) is 0.899. The van der Waals surface area contributed by atoms with Gasteiger partial charge in [0, 0.05) is 24.1 Å². The van der Waals surface area contributed by atoms with Crippen LogP contribution in [0, 0.1) is 0 Å². The fourth-order valence-electron chi connectivity index (χ4n) is 4.34. The third-order valence-electron chi connectivity index (χ3n) is 6.11. The number of hydrogen-bond acceptors (Lipinski definition) is 6. The van der Waals surface area contributed by atoms with E-state index in [1.54, 1.807) is 36.5 Å². The lowest BCUT2D eigenvalue weighted by molar-refractivity contribution is -0.695. The number of ketones is 1. The second-order valence-electron chi connectivity index (χ2n) is 8.15. The first-order valence-electron chi connectivity index (χ1n) is 11.3. The number of aromatic nitrogens is 2. The number of nitrogens with zero attached hydrogens (tertiary/aromatic N) is 2. The number of nitrogens with one attached hydrogen (secondary N) is 1. The Morgan fingerprint density at radius 3 is 2.47 bits per heavy atom. The van der Waals surface area contributed by atoms with Crippen molar-refractivity contribution in [2.75, 3.05) is 27.9 Å². The number of aryl methyl sites for hydroxylation is 1. The van der Waals surface area contributed by atoms with Gasteiger partial charge in [-0.3, -0.25) is 14.6 Å². The van der Waals surface area contributed by atoms with Crippen molar-refractivity contribution in [1.82, 2.24) is 9.88 Å². The number of benzene rings is 2. The largest absolute Gasteiger partial charge is 0.507 e. The molecule has 10 heteroatoms. The number of H-pyrrole nitrogens is 1. The molecule has 2 aromatic carbocycles. The highest BCUT2D eigenvalue weighted by molar-refractivity contribution is 6.46. The van der Waals surface area contributed by atoms with E-state index in [1.165, 1.54) is 32.3 Å². The van der Waals surface area contributed by atoms with E-state index in [-0.39, 0.29) is 28.5 Å². The van der Waals surface area contributed by atoms with Gasteiger partial charge in [0.25, 0.3) is 11.7 Å². The van der Waals surface area contributed by atoms with E-state index in [4.69, 9.17) is 25.8 Å². The molecule has 0 saturated carbocycles. The maximum atomic E-state index is 13.3. The quantitative estimate of drug-likeness (QED) is 0.197. The molecule has 0 aliphatic carbocycles. The van der Waals surface area contributed by atoms with E-state index in [0.29, 0.717) is 35.8 Å². The van der Waals surface area contributed by atoms with Crippen LogP contribution < -0.4 is 18.8 Å². The Labute approximate surface area is 213 Å². The highest BCUT2D eigenvalue weighted by Gasteiger charge is 2.47. The molecule has 1 aliphatic heterocycles. The van der Waals surface area contributed by atoms with Crippen molar-refractivity contribution in [1.29, 1.82) is 0 Å². The molecule has 1 aliphatic rings. The second kappa shape index (κ2) is 10.7. The lowest BCUT2D eigenvalue weighted by Gasteiger charge is -2.26. The van der Waals surface area contributed by atoms with Crippen LogP contribution in [0.3, 0.4) is 0 Å². The lowest BCUT2D eigenvalue weighted by Crippen LogP contribution is -2.36. The van der Waals surface area contributed by atoms with Crippen molar-refractivity contribution in [3.05, 3.63) is 76.8 Å². The number of methoxy groups -OCH3 is 3. The number of aromatic amines is 1. The second-order valence-corrected chi connectivity index (χ2v) is 8.56. The van der Waals surface area contributed by atoms with Crippen LogP contribution in [-0.2, 0) is 16.1 Å². The number of aliphatic hydroxyl groups excluding tert-OH is 1. The number of hydrogen-bond donors (Lipinski definition) is 2. The Morgan fingerprint density at radius 2 is 1.83 bits per heavy atom. The number of carbonyl (C=O) groups excluding carboxylic acids is 2. The molecule has 36 heavy (non-hydrogen) atoms. The monoisotopic (exact) mass is 512 g/mol. The third kappa shape index (κ3) is 4.74. The number of amides is 1. The van der Waals surface area contributed by atoms with Crippen LogP contribution >= 0.6 is 11.6 Å². The smallest absolute Gasteiger partial charge is 0.295 e. The van der Waals surface area contributed by atoms with Crippen LogP contribution in [0.1, 0.15) is 23.6 Å². The highest BCUT2D eigenvalue weighted by atomic mass is 35.5. The summed E-state index contributed by atoms with van der Waals surface area (Å²) in [6.07, 6.45) is 6.06. The fourth-order valence-corrected chi connectivity index (χ4v) is 4.60. The predicted octanol–water partition coefficient (Wildman–Crippen LogP) is 3.49. The van der Waals surface area contributed by atoms with Crippen LogP contribution in [-0.4, -0.2) is 54.6 Å². The number of halogens is 1. The van der Waals surface area contributed by atoms with Crippen molar-refractivity contribution >= 4 is 29.1 Å². The van der Waals surface area contributed by atoms with Crippen LogP contribution in [0.5, 0.6) is 17.2 Å². The van der Waals surface area contributed by atoms with E-state index in [2.05, 4.69) is 4.98 Å². The fraction of sp³-hybridized carbons (Fsp3) is 0.269. The molecule has 1 unspecified atom stereocenters. The van der Waals surface area contributed by atoms with E-state index in [0.717, 1.165) is 0 Å². The van der Waals surface area contributed by atoms with Gasteiger partial charge in [-0.05, 0) is 36.4 Å². The molecule has 1 amide bonds.